The smallest absolute Gasteiger partial charge is 0.269 e. The average Bonchev–Trinajstić information content (AvgIpc) is 3.15. The van der Waals surface area contributed by atoms with Crippen LogP contribution in [0.15, 0.2) is 54.6 Å². The zero-order valence-electron chi connectivity index (χ0n) is 13.9. The van der Waals surface area contributed by atoms with Crippen molar-refractivity contribution < 1.29 is 14.3 Å². The minimum atomic E-state index is -0.483. The molecule has 0 atom stereocenters. The summed E-state index contributed by atoms with van der Waals surface area (Å²) in [5, 5.41) is 11.9. The normalized spacial score (nSPS) is 10.2. The highest BCUT2D eigenvalue weighted by atomic mass is 16.5. The molecule has 0 bridgehead atoms. The molecule has 26 heavy (non-hydrogen) atoms. The molecule has 0 aliphatic heterocycles. The number of nitrogens with zero attached hydrogens (tertiary/aromatic N) is 4. The summed E-state index contributed by atoms with van der Waals surface area (Å²) in [6, 6.07) is 15.8. The van der Waals surface area contributed by atoms with Gasteiger partial charge in [0.1, 0.15) is 12.3 Å². The molecule has 132 valence electrons. The van der Waals surface area contributed by atoms with E-state index in [9.17, 15) is 9.59 Å². The number of benzene rings is 2. The maximum atomic E-state index is 12.0. The summed E-state index contributed by atoms with van der Waals surface area (Å²) in [6.45, 7) is -0.178. The number of ether oxygens (including phenoxy) is 1. The van der Waals surface area contributed by atoms with E-state index in [1.807, 2.05) is 30.3 Å². The standard InChI is InChI=1S/C17H16N6O3/c1-26-14-9-7-13(8-10-14)17(25)20-18-15(24)11-23-21-16(19-22-23)12-5-3-2-4-6-12/h2-10H,11H2,1H3,(H,18,24)(H,20,25). The van der Waals surface area contributed by atoms with Crippen LogP contribution in [0.3, 0.4) is 0 Å². The highest BCUT2D eigenvalue weighted by Gasteiger charge is 2.11. The fraction of sp³-hybridized carbons (Fsp3) is 0.118. The van der Waals surface area contributed by atoms with Gasteiger partial charge >= 0.3 is 0 Å². The molecule has 0 aliphatic rings. The Morgan fingerprint density at radius 2 is 1.77 bits per heavy atom. The first-order valence-electron chi connectivity index (χ1n) is 7.72. The number of hydrogen-bond donors (Lipinski definition) is 2. The number of amides is 2. The quantitative estimate of drug-likeness (QED) is 0.658. The van der Waals surface area contributed by atoms with Crippen LogP contribution in [-0.4, -0.2) is 39.1 Å². The molecule has 9 nitrogen and oxygen atoms in total. The zero-order chi connectivity index (χ0) is 18.4. The monoisotopic (exact) mass is 352 g/mol. The van der Waals surface area contributed by atoms with Crippen LogP contribution in [0.2, 0.25) is 0 Å². The zero-order valence-corrected chi connectivity index (χ0v) is 13.9. The van der Waals surface area contributed by atoms with Crippen LogP contribution in [0.25, 0.3) is 11.4 Å². The van der Waals surface area contributed by atoms with Crippen LogP contribution in [0.1, 0.15) is 10.4 Å². The SMILES string of the molecule is COc1ccc(C(=O)NNC(=O)Cn2nnc(-c3ccccc3)n2)cc1. The number of rotatable bonds is 5. The van der Waals surface area contributed by atoms with E-state index in [1.165, 1.54) is 7.11 Å². The van der Waals surface area contributed by atoms with Crippen molar-refractivity contribution in [3.63, 3.8) is 0 Å². The predicted molar refractivity (Wildman–Crippen MR) is 91.9 cm³/mol. The first-order chi connectivity index (χ1) is 12.7. The number of aromatic nitrogens is 4. The Hall–Kier alpha value is -3.75. The molecule has 3 rings (SSSR count). The third kappa shape index (κ3) is 4.20. The second-order valence-electron chi connectivity index (χ2n) is 5.24. The number of carbonyl (C=O) groups excluding carboxylic acids is 2. The topological polar surface area (TPSA) is 111 Å². The van der Waals surface area contributed by atoms with Gasteiger partial charge in [0.25, 0.3) is 11.8 Å². The molecule has 3 aromatic rings. The molecule has 0 saturated carbocycles. The van der Waals surface area contributed by atoms with Crippen molar-refractivity contribution in [1.29, 1.82) is 0 Å². The first kappa shape index (κ1) is 17.1. The summed E-state index contributed by atoms with van der Waals surface area (Å²) in [5.41, 5.74) is 5.82. The van der Waals surface area contributed by atoms with E-state index in [1.54, 1.807) is 24.3 Å². The summed E-state index contributed by atoms with van der Waals surface area (Å²) in [5.74, 6) is 0.124. The Morgan fingerprint density at radius 3 is 2.46 bits per heavy atom. The van der Waals surface area contributed by atoms with Crippen LogP contribution < -0.4 is 15.6 Å². The molecular weight excluding hydrogens is 336 g/mol. The van der Waals surface area contributed by atoms with Gasteiger partial charge in [-0.3, -0.25) is 20.4 Å². The lowest BCUT2D eigenvalue weighted by molar-refractivity contribution is -0.122. The Morgan fingerprint density at radius 1 is 1.04 bits per heavy atom. The minimum absolute atomic E-state index is 0.178. The lowest BCUT2D eigenvalue weighted by Crippen LogP contribution is -2.43. The van der Waals surface area contributed by atoms with Crippen molar-refractivity contribution in [1.82, 2.24) is 31.1 Å². The molecule has 0 aliphatic carbocycles. The van der Waals surface area contributed by atoms with Crippen LogP contribution in [-0.2, 0) is 11.3 Å². The van der Waals surface area contributed by atoms with E-state index < -0.39 is 11.8 Å². The molecule has 2 aromatic carbocycles. The summed E-state index contributed by atoms with van der Waals surface area (Å²) in [4.78, 5) is 25.0. The van der Waals surface area contributed by atoms with Crippen molar-refractivity contribution in [3.05, 3.63) is 60.2 Å². The Bertz CT molecular complexity index is 892. The molecule has 0 fully saturated rings. The van der Waals surface area contributed by atoms with E-state index in [2.05, 4.69) is 26.3 Å². The number of hydrazine groups is 1. The van der Waals surface area contributed by atoms with Crippen LogP contribution in [0.4, 0.5) is 0 Å². The number of tetrazole rings is 1. The second-order valence-corrected chi connectivity index (χ2v) is 5.24. The molecule has 1 aromatic heterocycles. The molecule has 0 saturated heterocycles. The van der Waals surface area contributed by atoms with Gasteiger partial charge in [-0.05, 0) is 29.5 Å². The number of methoxy groups -OCH3 is 1. The van der Waals surface area contributed by atoms with Crippen molar-refractivity contribution in [2.24, 2.45) is 0 Å². The molecule has 0 unspecified atom stereocenters. The molecule has 1 heterocycles. The fourth-order valence-corrected chi connectivity index (χ4v) is 2.12. The fourth-order valence-electron chi connectivity index (χ4n) is 2.12. The number of hydrogen-bond acceptors (Lipinski definition) is 6. The van der Waals surface area contributed by atoms with E-state index in [0.717, 1.165) is 10.4 Å². The lowest BCUT2D eigenvalue weighted by atomic mass is 10.2. The van der Waals surface area contributed by atoms with Crippen LogP contribution >= 0.6 is 0 Å². The van der Waals surface area contributed by atoms with Crippen molar-refractivity contribution in [3.8, 4) is 17.1 Å². The van der Waals surface area contributed by atoms with Crippen molar-refractivity contribution in [2.45, 2.75) is 6.54 Å². The van der Waals surface area contributed by atoms with Gasteiger partial charge in [-0.2, -0.15) is 4.80 Å². The predicted octanol–water partition coefficient (Wildman–Crippen LogP) is 0.810. The van der Waals surface area contributed by atoms with Gasteiger partial charge in [-0.15, -0.1) is 10.2 Å². The average molecular weight is 352 g/mol. The van der Waals surface area contributed by atoms with Crippen molar-refractivity contribution in [2.75, 3.05) is 7.11 Å². The highest BCUT2D eigenvalue weighted by Crippen LogP contribution is 2.12. The molecule has 0 spiro atoms. The Labute approximate surface area is 148 Å². The minimum Gasteiger partial charge on any atom is -0.497 e. The molecule has 2 N–H and O–H groups in total. The summed E-state index contributed by atoms with van der Waals surface area (Å²) < 4.78 is 5.02. The number of nitrogens with one attached hydrogen (secondary N) is 2. The van der Waals surface area contributed by atoms with Gasteiger partial charge < -0.3 is 4.74 Å². The van der Waals surface area contributed by atoms with Gasteiger partial charge in [0.05, 0.1) is 7.11 Å². The van der Waals surface area contributed by atoms with Crippen LogP contribution in [0, 0.1) is 0 Å². The number of carbonyl (C=O) groups is 2. The molecule has 9 heteroatoms. The van der Waals surface area contributed by atoms with Gasteiger partial charge in [0.2, 0.25) is 5.82 Å². The third-order valence-electron chi connectivity index (χ3n) is 3.44. The Balaban J connectivity index is 1.52. The molecule has 0 radical (unpaired) electrons. The lowest BCUT2D eigenvalue weighted by Gasteiger charge is -2.07. The van der Waals surface area contributed by atoms with Gasteiger partial charge in [0, 0.05) is 11.1 Å². The van der Waals surface area contributed by atoms with E-state index >= 15 is 0 Å². The largest absolute Gasteiger partial charge is 0.497 e. The van der Waals surface area contributed by atoms with E-state index in [0.29, 0.717) is 17.1 Å². The summed E-state index contributed by atoms with van der Waals surface area (Å²) in [6.07, 6.45) is 0. The first-order valence-corrected chi connectivity index (χ1v) is 7.72. The van der Waals surface area contributed by atoms with Gasteiger partial charge in [0.15, 0.2) is 0 Å². The molecule has 2 amide bonds. The van der Waals surface area contributed by atoms with Crippen LogP contribution in [0.5, 0.6) is 5.75 Å². The van der Waals surface area contributed by atoms with Gasteiger partial charge in [-0.1, -0.05) is 30.3 Å². The summed E-state index contributed by atoms with van der Waals surface area (Å²) in [7, 11) is 1.54. The van der Waals surface area contributed by atoms with E-state index in [-0.39, 0.29) is 6.54 Å². The maximum absolute atomic E-state index is 12.0. The highest BCUT2D eigenvalue weighted by molar-refractivity contribution is 5.95. The Kier molecular flexibility index (Phi) is 5.18. The maximum Gasteiger partial charge on any atom is 0.269 e. The van der Waals surface area contributed by atoms with Crippen molar-refractivity contribution >= 4 is 11.8 Å². The second kappa shape index (κ2) is 7.88. The van der Waals surface area contributed by atoms with E-state index in [4.69, 9.17) is 4.74 Å². The molecular formula is C17H16N6O3. The van der Waals surface area contributed by atoms with Gasteiger partial charge in [-0.25, -0.2) is 0 Å². The summed E-state index contributed by atoms with van der Waals surface area (Å²) >= 11 is 0. The third-order valence-corrected chi connectivity index (χ3v) is 3.44.